The van der Waals surface area contributed by atoms with Crippen LogP contribution in [0.3, 0.4) is 0 Å². The van der Waals surface area contributed by atoms with Gasteiger partial charge in [-0.1, -0.05) is 11.6 Å². The smallest absolute Gasteiger partial charge is 0.338 e. The van der Waals surface area contributed by atoms with Gasteiger partial charge in [0, 0.05) is 5.02 Å². The van der Waals surface area contributed by atoms with Crippen LogP contribution in [0.5, 0.6) is 0 Å². The molecule has 4 nitrogen and oxygen atoms in total. The van der Waals surface area contributed by atoms with E-state index in [0.717, 1.165) is 0 Å². The van der Waals surface area contributed by atoms with Crippen LogP contribution in [-0.2, 0) is 21.2 Å². The van der Waals surface area contributed by atoms with Crippen molar-refractivity contribution in [3.63, 3.8) is 0 Å². The van der Waals surface area contributed by atoms with E-state index in [1.807, 2.05) is 0 Å². The highest BCUT2D eigenvalue weighted by atomic mass is 35.5. The number of thiol groups is 1. The van der Waals surface area contributed by atoms with Gasteiger partial charge in [-0.25, -0.2) is 13.2 Å². The molecule has 0 aliphatic heterocycles. The summed E-state index contributed by atoms with van der Waals surface area (Å²) in [5.41, 5.74) is 1.39. The maximum absolute atomic E-state index is 11.4. The van der Waals surface area contributed by atoms with Crippen molar-refractivity contribution in [3.05, 3.63) is 33.8 Å². The topological polar surface area (TPSA) is 60.4 Å². The molecule has 0 unspecified atom stereocenters. The Bertz CT molecular complexity index is 486. The zero-order chi connectivity index (χ0) is 12.3. The largest absolute Gasteiger partial charge is 0.465 e. The van der Waals surface area contributed by atoms with Gasteiger partial charge >= 0.3 is 5.97 Å². The van der Waals surface area contributed by atoms with Crippen LogP contribution in [0.25, 0.3) is 0 Å². The minimum atomic E-state index is -2.58. The van der Waals surface area contributed by atoms with Gasteiger partial charge in [-0.05, 0) is 30.2 Å². The van der Waals surface area contributed by atoms with Crippen molar-refractivity contribution in [1.82, 2.24) is 0 Å². The van der Waals surface area contributed by atoms with Crippen LogP contribution in [0.4, 0.5) is 0 Å². The van der Waals surface area contributed by atoms with E-state index in [-0.39, 0.29) is 5.75 Å². The molecule has 0 N–H and O–H groups in total. The Kier molecular flexibility index (Phi) is 4.32. The van der Waals surface area contributed by atoms with Gasteiger partial charge in [0.15, 0.2) is 0 Å². The first-order valence-electron chi connectivity index (χ1n) is 4.45. The number of methoxy groups -OCH3 is 1. The molecule has 0 saturated carbocycles. The highest BCUT2D eigenvalue weighted by molar-refractivity contribution is 7.71. The van der Waals surface area contributed by atoms with Crippen LogP contribution >= 0.6 is 11.6 Å². The summed E-state index contributed by atoms with van der Waals surface area (Å²) >= 11 is 5.87. The summed E-state index contributed by atoms with van der Waals surface area (Å²) in [5, 5.41) is 0.337. The van der Waals surface area contributed by atoms with Crippen molar-refractivity contribution in [1.29, 1.82) is 0 Å². The molecule has 0 aliphatic rings. The first-order chi connectivity index (χ1) is 7.45. The number of aryl methyl sites for hydroxylation is 1. The number of hydrogen-bond acceptors (Lipinski definition) is 4. The molecule has 1 aromatic carbocycles. The van der Waals surface area contributed by atoms with Gasteiger partial charge in [-0.2, -0.15) is 0 Å². The van der Waals surface area contributed by atoms with Gasteiger partial charge in [-0.3, -0.25) is 0 Å². The van der Waals surface area contributed by atoms with E-state index in [1.165, 1.54) is 13.2 Å². The van der Waals surface area contributed by atoms with Gasteiger partial charge in [0.2, 0.25) is 0 Å². The molecular formula is C10H11ClO4S. The molecule has 16 heavy (non-hydrogen) atoms. The van der Waals surface area contributed by atoms with E-state index < -0.39 is 16.7 Å². The second-order valence-corrected chi connectivity index (χ2v) is 4.63. The molecule has 0 bridgehead atoms. The van der Waals surface area contributed by atoms with Crippen LogP contribution in [0.15, 0.2) is 12.1 Å². The molecule has 0 saturated heterocycles. The first kappa shape index (κ1) is 13.0. The molecule has 0 aliphatic carbocycles. The predicted octanol–water partition coefficient (Wildman–Crippen LogP) is 1.55. The molecule has 0 fully saturated rings. The summed E-state index contributed by atoms with van der Waals surface area (Å²) in [6.45, 7) is 1.71. The average molecular weight is 263 g/mol. The highest BCUT2D eigenvalue weighted by Gasteiger charge is 2.13. The van der Waals surface area contributed by atoms with E-state index in [0.29, 0.717) is 21.7 Å². The number of hydrogen-bond donors (Lipinski definition) is 1. The maximum Gasteiger partial charge on any atom is 0.338 e. The Balaban J connectivity index is 3.26. The maximum atomic E-state index is 11.4. The van der Waals surface area contributed by atoms with Crippen molar-refractivity contribution < 1.29 is 17.9 Å². The quantitative estimate of drug-likeness (QED) is 0.663. The lowest BCUT2D eigenvalue weighted by molar-refractivity contribution is 0.0600. The summed E-state index contributed by atoms with van der Waals surface area (Å²) in [4.78, 5) is 11.4. The van der Waals surface area contributed by atoms with Crippen LogP contribution in [0.1, 0.15) is 21.5 Å². The van der Waals surface area contributed by atoms with E-state index in [1.54, 1.807) is 13.0 Å². The molecule has 0 aromatic heterocycles. The van der Waals surface area contributed by atoms with Crippen molar-refractivity contribution in [2.45, 2.75) is 12.7 Å². The van der Waals surface area contributed by atoms with Crippen LogP contribution in [0, 0.1) is 6.92 Å². The normalized spacial score (nSPS) is 10.5. The Morgan fingerprint density at radius 1 is 1.44 bits per heavy atom. The van der Waals surface area contributed by atoms with Gasteiger partial charge in [0.1, 0.15) is 10.7 Å². The summed E-state index contributed by atoms with van der Waals surface area (Å²) in [5.74, 6) is -0.685. The van der Waals surface area contributed by atoms with Gasteiger partial charge in [0.05, 0.1) is 18.4 Å². The van der Waals surface area contributed by atoms with E-state index >= 15 is 0 Å². The molecule has 0 spiro atoms. The van der Waals surface area contributed by atoms with E-state index in [4.69, 9.17) is 11.6 Å². The third-order valence-electron chi connectivity index (χ3n) is 2.10. The van der Waals surface area contributed by atoms with Crippen molar-refractivity contribution >= 4 is 28.3 Å². The molecule has 1 aromatic rings. The molecule has 0 atom stereocenters. The standard InChI is InChI=1S/C10H11ClO4S/c1-6-3-9(11)7(5-16(13)14)4-8(6)10(12)15-2/h3-4,16H,5H2,1-2H3. The van der Waals surface area contributed by atoms with Crippen LogP contribution < -0.4 is 0 Å². The molecule has 0 amide bonds. The monoisotopic (exact) mass is 262 g/mol. The third-order valence-corrected chi connectivity index (χ3v) is 3.05. The Hall–Kier alpha value is -1.07. The molecule has 6 heteroatoms. The molecular weight excluding hydrogens is 252 g/mol. The minimum absolute atomic E-state index is 0.182. The fraction of sp³-hybridized carbons (Fsp3) is 0.300. The highest BCUT2D eigenvalue weighted by Crippen LogP contribution is 2.22. The lowest BCUT2D eigenvalue weighted by atomic mass is 10.1. The number of halogens is 1. The van der Waals surface area contributed by atoms with Crippen molar-refractivity contribution in [3.8, 4) is 0 Å². The number of ether oxygens (including phenoxy) is 1. The van der Waals surface area contributed by atoms with Crippen LogP contribution in [0.2, 0.25) is 5.02 Å². The lowest BCUT2D eigenvalue weighted by Gasteiger charge is -2.07. The summed E-state index contributed by atoms with van der Waals surface area (Å²) in [7, 11) is -1.31. The second kappa shape index (κ2) is 5.32. The van der Waals surface area contributed by atoms with Gasteiger partial charge in [-0.15, -0.1) is 0 Å². The average Bonchev–Trinajstić information content (AvgIpc) is 2.20. The zero-order valence-electron chi connectivity index (χ0n) is 8.82. The number of esters is 1. The summed E-state index contributed by atoms with van der Waals surface area (Å²) < 4.78 is 25.8. The van der Waals surface area contributed by atoms with Gasteiger partial charge in [0.25, 0.3) is 0 Å². The summed E-state index contributed by atoms with van der Waals surface area (Å²) in [6, 6.07) is 3.01. The Labute approximate surface area is 100 Å². The fourth-order valence-electron chi connectivity index (χ4n) is 1.31. The number of benzene rings is 1. The molecule has 1 rings (SSSR count). The predicted molar refractivity (Wildman–Crippen MR) is 61.5 cm³/mol. The minimum Gasteiger partial charge on any atom is -0.465 e. The SMILES string of the molecule is COC(=O)c1cc(C[SH](=O)=O)c(Cl)cc1C. The second-order valence-electron chi connectivity index (χ2n) is 3.24. The third kappa shape index (κ3) is 2.96. The number of rotatable bonds is 3. The van der Waals surface area contributed by atoms with E-state index in [9.17, 15) is 13.2 Å². The Morgan fingerprint density at radius 3 is 2.56 bits per heavy atom. The van der Waals surface area contributed by atoms with Crippen molar-refractivity contribution in [2.24, 2.45) is 0 Å². The van der Waals surface area contributed by atoms with Gasteiger partial charge < -0.3 is 4.74 Å². The van der Waals surface area contributed by atoms with E-state index in [2.05, 4.69) is 4.74 Å². The molecule has 0 heterocycles. The summed E-state index contributed by atoms with van der Waals surface area (Å²) in [6.07, 6.45) is 0. The molecule has 0 radical (unpaired) electrons. The van der Waals surface area contributed by atoms with Crippen molar-refractivity contribution in [2.75, 3.05) is 7.11 Å². The Morgan fingerprint density at radius 2 is 2.06 bits per heavy atom. The first-order valence-corrected chi connectivity index (χ1v) is 6.19. The fourth-order valence-corrected chi connectivity index (χ4v) is 2.23. The lowest BCUT2D eigenvalue weighted by Crippen LogP contribution is -2.05. The number of carbonyl (C=O) groups excluding carboxylic acids is 1. The zero-order valence-corrected chi connectivity index (χ0v) is 10.5. The number of carbonyl (C=O) groups is 1. The van der Waals surface area contributed by atoms with Crippen LogP contribution in [-0.4, -0.2) is 21.5 Å². The molecule has 88 valence electrons.